The van der Waals surface area contributed by atoms with E-state index in [2.05, 4.69) is 13.0 Å². The van der Waals surface area contributed by atoms with Gasteiger partial charge >= 0.3 is 0 Å². The first-order chi connectivity index (χ1) is 9.56. The van der Waals surface area contributed by atoms with Gasteiger partial charge in [0.2, 0.25) is 5.91 Å². The van der Waals surface area contributed by atoms with Crippen LogP contribution in [0.25, 0.3) is 0 Å². The number of hydrogen-bond donors (Lipinski definition) is 1. The molecule has 0 fully saturated rings. The van der Waals surface area contributed by atoms with E-state index in [1.54, 1.807) is 14.2 Å². The first kappa shape index (κ1) is 14.7. The van der Waals surface area contributed by atoms with Crippen LogP contribution in [-0.2, 0) is 11.2 Å². The molecule has 0 aliphatic heterocycles. The lowest BCUT2D eigenvalue weighted by Crippen LogP contribution is -2.20. The average Bonchev–Trinajstić information content (AvgIpc) is 2.43. The molecule has 2 rings (SSSR count). The minimum Gasteiger partial charge on any atom is -0.493 e. The summed E-state index contributed by atoms with van der Waals surface area (Å²) in [5, 5.41) is 0. The van der Waals surface area contributed by atoms with E-state index in [-0.39, 0.29) is 5.91 Å². The largest absolute Gasteiger partial charge is 0.493 e. The topological polar surface area (TPSA) is 61.6 Å². The fourth-order valence-electron chi connectivity index (χ4n) is 3.29. The van der Waals surface area contributed by atoms with Gasteiger partial charge in [-0.2, -0.15) is 0 Å². The second-order valence-corrected chi connectivity index (χ2v) is 5.59. The Morgan fingerprint density at radius 2 is 2.10 bits per heavy atom. The van der Waals surface area contributed by atoms with Gasteiger partial charge in [0.05, 0.1) is 14.2 Å². The third kappa shape index (κ3) is 2.89. The Bertz CT molecular complexity index is 499. The van der Waals surface area contributed by atoms with E-state index < -0.39 is 0 Å². The second-order valence-electron chi connectivity index (χ2n) is 5.59. The Balaban J connectivity index is 2.26. The molecule has 4 nitrogen and oxygen atoms in total. The van der Waals surface area contributed by atoms with Crippen molar-refractivity contribution >= 4 is 5.91 Å². The van der Waals surface area contributed by atoms with E-state index in [1.807, 2.05) is 6.07 Å². The van der Waals surface area contributed by atoms with Gasteiger partial charge < -0.3 is 15.2 Å². The van der Waals surface area contributed by atoms with Gasteiger partial charge in [-0.3, -0.25) is 4.79 Å². The Labute approximate surface area is 120 Å². The number of carbonyl (C=O) groups is 1. The number of fused-ring (bicyclic) bond motifs is 1. The highest BCUT2D eigenvalue weighted by Gasteiger charge is 2.28. The molecule has 20 heavy (non-hydrogen) atoms. The van der Waals surface area contributed by atoms with Gasteiger partial charge in [0, 0.05) is 12.0 Å². The van der Waals surface area contributed by atoms with Crippen LogP contribution in [0.3, 0.4) is 0 Å². The third-order valence-corrected chi connectivity index (χ3v) is 4.16. The van der Waals surface area contributed by atoms with Crippen molar-refractivity contribution in [1.29, 1.82) is 0 Å². The Kier molecular flexibility index (Phi) is 4.53. The summed E-state index contributed by atoms with van der Waals surface area (Å²) in [5.74, 6) is 2.35. The van der Waals surface area contributed by atoms with Gasteiger partial charge in [-0.05, 0) is 42.7 Å². The molecule has 0 bridgehead atoms. The summed E-state index contributed by atoms with van der Waals surface area (Å²) in [7, 11) is 3.34. The monoisotopic (exact) mass is 277 g/mol. The molecule has 0 radical (unpaired) electrons. The van der Waals surface area contributed by atoms with Crippen LogP contribution in [0.5, 0.6) is 11.5 Å². The average molecular weight is 277 g/mol. The van der Waals surface area contributed by atoms with E-state index in [4.69, 9.17) is 15.2 Å². The minimum atomic E-state index is -0.212. The number of carbonyl (C=O) groups excluding carboxylic acids is 1. The summed E-state index contributed by atoms with van der Waals surface area (Å²) in [4.78, 5) is 10.9. The van der Waals surface area contributed by atoms with Gasteiger partial charge in [0.1, 0.15) is 0 Å². The van der Waals surface area contributed by atoms with Crippen LogP contribution in [0.15, 0.2) is 12.1 Å². The molecule has 1 amide bonds. The molecule has 2 N–H and O–H groups in total. The molecule has 1 aliphatic carbocycles. The second kappa shape index (κ2) is 6.16. The van der Waals surface area contributed by atoms with Crippen molar-refractivity contribution in [2.45, 2.75) is 38.5 Å². The molecule has 0 saturated carbocycles. The summed E-state index contributed by atoms with van der Waals surface area (Å²) >= 11 is 0. The highest BCUT2D eigenvalue weighted by atomic mass is 16.5. The molecule has 2 atom stereocenters. The van der Waals surface area contributed by atoms with Crippen molar-refractivity contribution in [3.63, 3.8) is 0 Å². The number of hydrogen-bond acceptors (Lipinski definition) is 3. The molecule has 1 aromatic rings. The van der Waals surface area contributed by atoms with Gasteiger partial charge in [-0.15, -0.1) is 0 Å². The lowest BCUT2D eigenvalue weighted by atomic mass is 9.75. The molecule has 0 aromatic heterocycles. The molecule has 1 aliphatic rings. The van der Waals surface area contributed by atoms with Crippen LogP contribution in [0.2, 0.25) is 0 Å². The predicted molar refractivity (Wildman–Crippen MR) is 78.2 cm³/mol. The number of nitrogens with two attached hydrogens (primary N) is 1. The summed E-state index contributed by atoms with van der Waals surface area (Å²) < 4.78 is 10.9. The summed E-state index contributed by atoms with van der Waals surface area (Å²) in [5.41, 5.74) is 7.80. The maximum atomic E-state index is 10.9. The molecule has 1 aromatic carbocycles. The van der Waals surface area contributed by atoms with Crippen LogP contribution in [0.4, 0.5) is 0 Å². The van der Waals surface area contributed by atoms with Gasteiger partial charge in [0.25, 0.3) is 0 Å². The number of benzene rings is 1. The van der Waals surface area contributed by atoms with Crippen molar-refractivity contribution in [2.75, 3.05) is 14.2 Å². The Morgan fingerprint density at radius 3 is 2.70 bits per heavy atom. The first-order valence-electron chi connectivity index (χ1n) is 7.08. The van der Waals surface area contributed by atoms with Gasteiger partial charge in [-0.25, -0.2) is 0 Å². The Morgan fingerprint density at radius 1 is 1.35 bits per heavy atom. The molecule has 110 valence electrons. The molecule has 0 saturated heterocycles. The molecule has 0 spiro atoms. The van der Waals surface area contributed by atoms with E-state index in [1.165, 1.54) is 11.1 Å². The lowest BCUT2D eigenvalue weighted by molar-refractivity contribution is -0.118. The summed E-state index contributed by atoms with van der Waals surface area (Å²) in [6.45, 7) is 2.21. The molecule has 4 heteroatoms. The summed E-state index contributed by atoms with van der Waals surface area (Å²) in [6.07, 6.45) is 3.38. The maximum absolute atomic E-state index is 10.9. The van der Waals surface area contributed by atoms with Crippen molar-refractivity contribution in [2.24, 2.45) is 11.7 Å². The van der Waals surface area contributed by atoms with Crippen molar-refractivity contribution in [3.8, 4) is 11.5 Å². The molecule has 2 unspecified atom stereocenters. The highest BCUT2D eigenvalue weighted by molar-refractivity contribution is 5.73. The van der Waals surface area contributed by atoms with Gasteiger partial charge in [-0.1, -0.05) is 13.0 Å². The molecular weight excluding hydrogens is 254 g/mol. The van der Waals surface area contributed by atoms with Crippen molar-refractivity contribution in [1.82, 2.24) is 0 Å². The van der Waals surface area contributed by atoms with Crippen molar-refractivity contribution < 1.29 is 14.3 Å². The molecule has 0 heterocycles. The van der Waals surface area contributed by atoms with Crippen LogP contribution in [0.1, 0.15) is 43.2 Å². The number of amides is 1. The van der Waals surface area contributed by atoms with Crippen LogP contribution in [0, 0.1) is 5.92 Å². The number of rotatable bonds is 5. The lowest BCUT2D eigenvalue weighted by Gasteiger charge is -2.31. The standard InChI is InChI=1S/C16H23NO3/c1-10-8-11(4-7-14(17)18)9-12-5-6-13(19-2)16(20-3)15(10)12/h5-6,10-11H,4,7-9H2,1-3H3,(H2,17,18). The highest BCUT2D eigenvalue weighted by Crippen LogP contribution is 2.45. The van der Waals surface area contributed by atoms with Gasteiger partial charge in [0.15, 0.2) is 11.5 Å². The third-order valence-electron chi connectivity index (χ3n) is 4.16. The normalized spacial score (nSPS) is 21.1. The van der Waals surface area contributed by atoms with Crippen LogP contribution >= 0.6 is 0 Å². The fourth-order valence-corrected chi connectivity index (χ4v) is 3.29. The zero-order valence-corrected chi connectivity index (χ0v) is 12.4. The van der Waals surface area contributed by atoms with E-state index in [9.17, 15) is 4.79 Å². The van der Waals surface area contributed by atoms with Crippen molar-refractivity contribution in [3.05, 3.63) is 23.3 Å². The first-order valence-corrected chi connectivity index (χ1v) is 7.08. The fraction of sp³-hybridized carbons (Fsp3) is 0.562. The number of methoxy groups -OCH3 is 2. The van der Waals surface area contributed by atoms with E-state index >= 15 is 0 Å². The Hall–Kier alpha value is -1.71. The molecular formula is C16H23NO3. The minimum absolute atomic E-state index is 0.212. The SMILES string of the molecule is COc1ccc2c(c1OC)C(C)CC(CCC(N)=O)C2. The van der Waals surface area contributed by atoms with E-state index in [0.717, 1.165) is 30.8 Å². The summed E-state index contributed by atoms with van der Waals surface area (Å²) in [6, 6.07) is 4.07. The predicted octanol–water partition coefficient (Wildman–Crippen LogP) is 2.64. The van der Waals surface area contributed by atoms with E-state index in [0.29, 0.717) is 18.3 Å². The zero-order chi connectivity index (χ0) is 14.7. The maximum Gasteiger partial charge on any atom is 0.217 e. The van der Waals surface area contributed by atoms with Crippen LogP contribution < -0.4 is 15.2 Å². The zero-order valence-electron chi connectivity index (χ0n) is 12.4. The number of primary amides is 1. The number of ether oxygens (including phenoxy) is 2. The quantitative estimate of drug-likeness (QED) is 0.900. The van der Waals surface area contributed by atoms with Crippen LogP contribution in [-0.4, -0.2) is 20.1 Å². The smallest absolute Gasteiger partial charge is 0.217 e.